The Hall–Kier alpha value is -3.45. The second-order valence-electron chi connectivity index (χ2n) is 7.35. The maximum absolute atomic E-state index is 13.5. The molecule has 5 aromatic rings. The summed E-state index contributed by atoms with van der Waals surface area (Å²) in [5, 5.41) is 0.916. The van der Waals surface area contributed by atoms with Gasteiger partial charge in [0.15, 0.2) is 11.3 Å². The van der Waals surface area contributed by atoms with E-state index in [2.05, 4.69) is 0 Å². The summed E-state index contributed by atoms with van der Waals surface area (Å²) in [6, 6.07) is 13.1. The lowest BCUT2D eigenvalue weighted by Gasteiger charge is -2.11. The molecule has 0 aliphatic rings. The smallest absolute Gasteiger partial charge is 0.265 e. The van der Waals surface area contributed by atoms with Crippen LogP contribution in [0.15, 0.2) is 47.3 Å². The molecule has 2 aromatic carbocycles. The number of aromatic nitrogens is 5. The zero-order valence-corrected chi connectivity index (χ0v) is 18.1. The number of nitrogens with zero attached hydrogens (tertiary/aromatic N) is 5. The Kier molecular flexibility index (Phi) is 4.63. The summed E-state index contributed by atoms with van der Waals surface area (Å²) in [7, 11) is 1.57. The van der Waals surface area contributed by atoms with E-state index in [1.165, 1.54) is 0 Å². The minimum absolute atomic E-state index is 0.114. The number of aryl methyl sites for hydroxylation is 1. The number of hydrogen-bond acceptors (Lipinski definition) is 5. The Labute approximate surface area is 182 Å². The van der Waals surface area contributed by atoms with Crippen LogP contribution in [0.25, 0.3) is 38.9 Å². The van der Waals surface area contributed by atoms with Crippen LogP contribution in [0.2, 0.25) is 5.02 Å². The predicted octanol–water partition coefficient (Wildman–Crippen LogP) is 4.66. The average molecular weight is 434 g/mol. The molecule has 0 saturated carbocycles. The number of para-hydroxylation sites is 2. The standard InChI is InChI=1S/C23H20ClN5O2/c1-4-11-28-13(2)25-21-19(23(28)30)20-22(27-17-8-6-5-7-16(17)26-20)29(21)14-9-10-18(31-3)15(24)12-14/h5-10,12H,4,11H2,1-3H3. The lowest BCUT2D eigenvalue weighted by atomic mass is 10.3. The molecule has 3 aromatic heterocycles. The molecule has 3 heterocycles. The first-order valence-electron chi connectivity index (χ1n) is 10.1. The van der Waals surface area contributed by atoms with Gasteiger partial charge >= 0.3 is 0 Å². The Morgan fingerprint density at radius 1 is 1.03 bits per heavy atom. The molecule has 0 unspecified atom stereocenters. The molecule has 0 amide bonds. The molecule has 0 atom stereocenters. The summed E-state index contributed by atoms with van der Waals surface area (Å²) in [5.74, 6) is 1.21. The topological polar surface area (TPSA) is 74.8 Å². The number of fused-ring (bicyclic) bond motifs is 4. The van der Waals surface area contributed by atoms with E-state index in [4.69, 9.17) is 31.3 Å². The minimum Gasteiger partial charge on any atom is -0.495 e. The maximum atomic E-state index is 13.5. The molecule has 5 rings (SSSR count). The fraction of sp³-hybridized carbons (Fsp3) is 0.217. The number of methoxy groups -OCH3 is 1. The Bertz CT molecular complexity index is 1540. The van der Waals surface area contributed by atoms with Crippen LogP contribution in [0.1, 0.15) is 19.2 Å². The Morgan fingerprint density at radius 3 is 2.45 bits per heavy atom. The van der Waals surface area contributed by atoms with E-state index in [0.717, 1.165) is 23.1 Å². The van der Waals surface area contributed by atoms with Crippen molar-refractivity contribution in [1.82, 2.24) is 24.1 Å². The van der Waals surface area contributed by atoms with Gasteiger partial charge in [0.1, 0.15) is 22.5 Å². The van der Waals surface area contributed by atoms with Crippen molar-refractivity contribution < 1.29 is 4.74 Å². The van der Waals surface area contributed by atoms with E-state index >= 15 is 0 Å². The van der Waals surface area contributed by atoms with Crippen LogP contribution in [-0.4, -0.2) is 31.2 Å². The summed E-state index contributed by atoms with van der Waals surface area (Å²) < 4.78 is 8.84. The van der Waals surface area contributed by atoms with Gasteiger partial charge in [-0.3, -0.25) is 13.9 Å². The number of rotatable bonds is 4. The quantitative estimate of drug-likeness (QED) is 0.412. The zero-order valence-electron chi connectivity index (χ0n) is 17.4. The summed E-state index contributed by atoms with van der Waals surface area (Å²) in [6.45, 7) is 4.47. The lowest BCUT2D eigenvalue weighted by Crippen LogP contribution is -2.24. The van der Waals surface area contributed by atoms with E-state index in [1.54, 1.807) is 23.8 Å². The van der Waals surface area contributed by atoms with Crippen LogP contribution in [0, 0.1) is 6.92 Å². The summed E-state index contributed by atoms with van der Waals surface area (Å²) in [4.78, 5) is 28.0. The van der Waals surface area contributed by atoms with E-state index in [9.17, 15) is 4.79 Å². The van der Waals surface area contributed by atoms with Crippen molar-refractivity contribution >= 4 is 44.8 Å². The van der Waals surface area contributed by atoms with Crippen molar-refractivity contribution in [3.05, 3.63) is 63.7 Å². The third-order valence-electron chi connectivity index (χ3n) is 5.39. The largest absolute Gasteiger partial charge is 0.495 e. The van der Waals surface area contributed by atoms with E-state index in [1.807, 2.05) is 48.7 Å². The first-order chi connectivity index (χ1) is 15.0. The van der Waals surface area contributed by atoms with Crippen molar-refractivity contribution in [2.75, 3.05) is 7.11 Å². The highest BCUT2D eigenvalue weighted by atomic mass is 35.5. The SMILES string of the molecule is CCCn1c(C)nc2c(c1=O)c1nc3ccccc3nc1n2-c1ccc(OC)c(Cl)c1. The Balaban J connectivity index is 1.98. The monoisotopic (exact) mass is 433 g/mol. The van der Waals surface area contributed by atoms with Gasteiger partial charge < -0.3 is 4.74 Å². The molecule has 0 radical (unpaired) electrons. The zero-order chi connectivity index (χ0) is 21.7. The molecule has 0 bridgehead atoms. The van der Waals surface area contributed by atoms with Crippen LogP contribution >= 0.6 is 11.6 Å². The maximum Gasteiger partial charge on any atom is 0.265 e. The van der Waals surface area contributed by atoms with Crippen molar-refractivity contribution in [2.24, 2.45) is 0 Å². The van der Waals surface area contributed by atoms with Crippen LogP contribution in [0.5, 0.6) is 5.75 Å². The molecule has 0 aliphatic heterocycles. The Morgan fingerprint density at radius 2 is 1.77 bits per heavy atom. The minimum atomic E-state index is -0.114. The van der Waals surface area contributed by atoms with E-state index in [-0.39, 0.29) is 5.56 Å². The molecule has 0 spiro atoms. The molecule has 0 aliphatic carbocycles. The molecule has 0 fully saturated rings. The first kappa shape index (κ1) is 19.5. The fourth-order valence-electron chi connectivity index (χ4n) is 3.96. The van der Waals surface area contributed by atoms with Gasteiger partial charge in [-0.15, -0.1) is 0 Å². The van der Waals surface area contributed by atoms with Gasteiger partial charge in [-0.05, 0) is 43.7 Å². The number of ether oxygens (including phenoxy) is 1. The van der Waals surface area contributed by atoms with Gasteiger partial charge in [-0.1, -0.05) is 30.7 Å². The van der Waals surface area contributed by atoms with Crippen molar-refractivity contribution in [1.29, 1.82) is 0 Å². The van der Waals surface area contributed by atoms with Gasteiger partial charge in [-0.25, -0.2) is 15.0 Å². The summed E-state index contributed by atoms with van der Waals surface area (Å²) in [5.41, 5.74) is 3.69. The van der Waals surface area contributed by atoms with Crippen LogP contribution in [-0.2, 0) is 6.54 Å². The number of hydrogen-bond donors (Lipinski definition) is 0. The molecule has 7 nitrogen and oxygen atoms in total. The molecule has 31 heavy (non-hydrogen) atoms. The fourth-order valence-corrected chi connectivity index (χ4v) is 4.21. The van der Waals surface area contributed by atoms with Gasteiger partial charge in [0.25, 0.3) is 5.56 Å². The average Bonchev–Trinajstić information content (AvgIpc) is 3.07. The highest BCUT2D eigenvalue weighted by molar-refractivity contribution is 6.32. The van der Waals surface area contributed by atoms with Crippen LogP contribution < -0.4 is 10.3 Å². The molecule has 8 heteroatoms. The van der Waals surface area contributed by atoms with Gasteiger partial charge in [-0.2, -0.15) is 0 Å². The number of benzene rings is 2. The van der Waals surface area contributed by atoms with E-state index < -0.39 is 0 Å². The molecule has 0 saturated heterocycles. The normalized spacial score (nSPS) is 11.6. The van der Waals surface area contributed by atoms with Crippen LogP contribution in [0.4, 0.5) is 0 Å². The lowest BCUT2D eigenvalue weighted by molar-refractivity contribution is 0.415. The molecular weight excluding hydrogens is 414 g/mol. The summed E-state index contributed by atoms with van der Waals surface area (Å²) in [6.07, 6.45) is 0.829. The predicted molar refractivity (Wildman–Crippen MR) is 123 cm³/mol. The van der Waals surface area contributed by atoms with Crippen molar-refractivity contribution in [3.8, 4) is 11.4 Å². The number of halogens is 1. The molecular formula is C23H20ClN5O2. The molecule has 0 N–H and O–H groups in total. The van der Waals surface area contributed by atoms with Crippen molar-refractivity contribution in [3.63, 3.8) is 0 Å². The molecule has 156 valence electrons. The third kappa shape index (κ3) is 2.96. The second kappa shape index (κ2) is 7.35. The highest BCUT2D eigenvalue weighted by Crippen LogP contribution is 2.32. The third-order valence-corrected chi connectivity index (χ3v) is 5.69. The van der Waals surface area contributed by atoms with Gasteiger partial charge in [0.05, 0.1) is 28.9 Å². The summed E-state index contributed by atoms with van der Waals surface area (Å²) >= 11 is 6.41. The van der Waals surface area contributed by atoms with Crippen LogP contribution in [0.3, 0.4) is 0 Å². The second-order valence-corrected chi connectivity index (χ2v) is 7.76. The van der Waals surface area contributed by atoms with Crippen molar-refractivity contribution in [2.45, 2.75) is 26.8 Å². The highest BCUT2D eigenvalue weighted by Gasteiger charge is 2.22. The van der Waals surface area contributed by atoms with E-state index in [0.29, 0.717) is 45.3 Å². The van der Waals surface area contributed by atoms with Gasteiger partial charge in [0.2, 0.25) is 0 Å². The van der Waals surface area contributed by atoms with Gasteiger partial charge in [0, 0.05) is 6.54 Å². The first-order valence-corrected chi connectivity index (χ1v) is 10.4.